The van der Waals surface area contributed by atoms with Gasteiger partial charge in [-0.1, -0.05) is 18.2 Å². The Kier molecular flexibility index (Phi) is 7.58. The predicted octanol–water partition coefficient (Wildman–Crippen LogP) is 4.48. The minimum absolute atomic E-state index is 0.0998. The van der Waals surface area contributed by atoms with Crippen molar-refractivity contribution in [3.8, 4) is 0 Å². The van der Waals surface area contributed by atoms with Crippen molar-refractivity contribution in [3.63, 3.8) is 0 Å². The van der Waals surface area contributed by atoms with Crippen molar-refractivity contribution in [3.05, 3.63) is 89.0 Å². The third kappa shape index (κ3) is 5.82. The Morgan fingerprint density at radius 2 is 1.46 bits per heavy atom. The first-order valence-electron chi connectivity index (χ1n) is 11.4. The highest BCUT2D eigenvalue weighted by Crippen LogP contribution is 2.44. The van der Waals surface area contributed by atoms with Crippen LogP contribution in [0.5, 0.6) is 0 Å². The molecular formula is C25H21F5N2O5S2. The number of rotatable bonds is 5. The van der Waals surface area contributed by atoms with Gasteiger partial charge >= 0.3 is 6.18 Å². The van der Waals surface area contributed by atoms with E-state index in [-0.39, 0.29) is 36.4 Å². The zero-order valence-electron chi connectivity index (χ0n) is 20.0. The molecule has 39 heavy (non-hydrogen) atoms. The van der Waals surface area contributed by atoms with E-state index >= 15 is 0 Å². The number of sulfonamides is 1. The van der Waals surface area contributed by atoms with Gasteiger partial charge in [0.2, 0.25) is 19.9 Å². The van der Waals surface area contributed by atoms with E-state index in [1.165, 1.54) is 35.2 Å². The van der Waals surface area contributed by atoms with E-state index in [1.807, 2.05) is 0 Å². The largest absolute Gasteiger partial charge is 0.417 e. The summed E-state index contributed by atoms with van der Waals surface area (Å²) in [6, 6.07) is 10.5. The summed E-state index contributed by atoms with van der Waals surface area (Å²) in [5.41, 5.74) is -2.30. The number of carbonyl (C=O) groups is 1. The van der Waals surface area contributed by atoms with Gasteiger partial charge in [0.1, 0.15) is 0 Å². The number of halogens is 5. The zero-order valence-corrected chi connectivity index (χ0v) is 21.6. The molecule has 0 spiro atoms. The van der Waals surface area contributed by atoms with Crippen LogP contribution < -0.4 is 5.14 Å². The van der Waals surface area contributed by atoms with Crippen LogP contribution in [0.15, 0.2) is 75.4 Å². The molecule has 2 N–H and O–H groups in total. The molecular weight excluding hydrogens is 567 g/mol. The van der Waals surface area contributed by atoms with Gasteiger partial charge in [0.25, 0.3) is 5.91 Å². The highest BCUT2D eigenvalue weighted by atomic mass is 32.2. The average molecular weight is 589 g/mol. The van der Waals surface area contributed by atoms with E-state index in [2.05, 4.69) is 0 Å². The number of hydrogen-bond donors (Lipinski definition) is 1. The minimum atomic E-state index is -5.20. The maximum absolute atomic E-state index is 14.2. The summed E-state index contributed by atoms with van der Waals surface area (Å²) in [6.45, 7) is -0.222. The molecule has 0 aliphatic carbocycles. The van der Waals surface area contributed by atoms with Crippen molar-refractivity contribution in [1.82, 2.24) is 4.90 Å². The number of likely N-dealkylation sites (tertiary alicyclic amines) is 1. The molecule has 3 aromatic carbocycles. The molecule has 1 aliphatic rings. The number of nitrogens with two attached hydrogens (primary N) is 1. The number of sulfone groups is 1. The molecule has 4 rings (SSSR count). The van der Waals surface area contributed by atoms with Crippen LogP contribution in [0.2, 0.25) is 0 Å². The maximum atomic E-state index is 14.2. The van der Waals surface area contributed by atoms with Gasteiger partial charge < -0.3 is 4.90 Å². The molecule has 3 aromatic rings. The first-order chi connectivity index (χ1) is 18.1. The topological polar surface area (TPSA) is 115 Å². The van der Waals surface area contributed by atoms with E-state index < -0.39 is 70.4 Å². The molecule has 0 aromatic heterocycles. The molecule has 1 aliphatic heterocycles. The Morgan fingerprint density at radius 3 is 2.00 bits per heavy atom. The second-order valence-corrected chi connectivity index (χ2v) is 12.4. The second kappa shape index (κ2) is 10.3. The van der Waals surface area contributed by atoms with Gasteiger partial charge in [0, 0.05) is 18.7 Å². The number of piperidine rings is 1. The summed E-state index contributed by atoms with van der Waals surface area (Å²) >= 11 is 0. The Bertz CT molecular complexity index is 1640. The summed E-state index contributed by atoms with van der Waals surface area (Å²) in [4.78, 5) is 11.7. The molecule has 0 unspecified atom stereocenters. The van der Waals surface area contributed by atoms with E-state index in [4.69, 9.17) is 5.14 Å². The second-order valence-electron chi connectivity index (χ2n) is 8.94. The van der Waals surface area contributed by atoms with Crippen LogP contribution in [0.25, 0.3) is 0 Å². The first-order valence-corrected chi connectivity index (χ1v) is 14.5. The maximum Gasteiger partial charge on any atom is 0.417 e. The lowest BCUT2D eigenvalue weighted by molar-refractivity contribution is -0.140. The van der Waals surface area contributed by atoms with E-state index in [0.29, 0.717) is 12.1 Å². The molecule has 0 atom stereocenters. The van der Waals surface area contributed by atoms with Crippen LogP contribution >= 0.6 is 0 Å². The van der Waals surface area contributed by atoms with Crippen molar-refractivity contribution in [2.24, 2.45) is 5.14 Å². The van der Waals surface area contributed by atoms with Crippen molar-refractivity contribution in [1.29, 1.82) is 0 Å². The molecule has 0 radical (unpaired) electrons. The number of alkyl halides is 3. The van der Waals surface area contributed by atoms with Crippen LogP contribution in [0, 0.1) is 11.6 Å². The van der Waals surface area contributed by atoms with Gasteiger partial charge in [-0.2, -0.15) is 13.2 Å². The van der Waals surface area contributed by atoms with Gasteiger partial charge in [0.05, 0.1) is 20.2 Å². The molecule has 1 saturated heterocycles. The van der Waals surface area contributed by atoms with Gasteiger partial charge in [-0.05, 0) is 66.8 Å². The SMILES string of the molecule is NS(=O)(=O)c1cc(S(=O)(=O)c2ccccc2)cc(C2CCN(C(=O)c3ccc(F)c(F)c3)CC2)c1C(F)(F)F. The molecule has 1 amide bonds. The zero-order chi connectivity index (χ0) is 28.8. The van der Waals surface area contributed by atoms with Crippen molar-refractivity contribution < 1.29 is 43.6 Å². The molecule has 208 valence electrons. The third-order valence-corrected chi connectivity index (χ3v) is 9.13. The number of primary sulfonamides is 1. The van der Waals surface area contributed by atoms with E-state index in [0.717, 1.165) is 18.2 Å². The van der Waals surface area contributed by atoms with Crippen LogP contribution in [0.1, 0.15) is 40.2 Å². The Morgan fingerprint density at radius 1 is 0.846 bits per heavy atom. The van der Waals surface area contributed by atoms with Crippen molar-refractivity contribution >= 4 is 25.8 Å². The van der Waals surface area contributed by atoms with Crippen LogP contribution in [-0.4, -0.2) is 40.7 Å². The molecule has 1 fully saturated rings. The molecule has 7 nitrogen and oxygen atoms in total. The highest BCUT2D eigenvalue weighted by Gasteiger charge is 2.42. The average Bonchev–Trinajstić information content (AvgIpc) is 2.88. The Labute approximate surface area is 221 Å². The Hall–Kier alpha value is -3.36. The number of carbonyl (C=O) groups excluding carboxylic acids is 1. The smallest absolute Gasteiger partial charge is 0.339 e. The summed E-state index contributed by atoms with van der Waals surface area (Å²) in [5.74, 6) is -4.06. The lowest BCUT2D eigenvalue weighted by Crippen LogP contribution is -2.38. The summed E-state index contributed by atoms with van der Waals surface area (Å²) < 4.78 is 121. The number of nitrogens with zero attached hydrogens (tertiary/aromatic N) is 1. The van der Waals surface area contributed by atoms with E-state index in [1.54, 1.807) is 0 Å². The summed E-state index contributed by atoms with van der Waals surface area (Å²) in [6.07, 6.45) is -5.40. The molecule has 1 heterocycles. The van der Waals surface area contributed by atoms with Crippen LogP contribution in [0.4, 0.5) is 22.0 Å². The van der Waals surface area contributed by atoms with Crippen molar-refractivity contribution in [2.45, 2.75) is 39.6 Å². The molecule has 14 heteroatoms. The number of benzene rings is 3. The van der Waals surface area contributed by atoms with Gasteiger partial charge in [-0.15, -0.1) is 0 Å². The fourth-order valence-electron chi connectivity index (χ4n) is 4.56. The predicted molar refractivity (Wildman–Crippen MR) is 129 cm³/mol. The normalized spacial score (nSPS) is 15.4. The summed E-state index contributed by atoms with van der Waals surface area (Å²) in [7, 11) is -9.46. The molecule has 0 saturated carbocycles. The van der Waals surface area contributed by atoms with Gasteiger partial charge in [0.15, 0.2) is 11.6 Å². The van der Waals surface area contributed by atoms with Gasteiger partial charge in [-0.3, -0.25) is 4.79 Å². The number of amides is 1. The Balaban J connectivity index is 1.77. The fourth-order valence-corrected chi connectivity index (χ4v) is 6.78. The third-order valence-electron chi connectivity index (χ3n) is 6.45. The first kappa shape index (κ1) is 28.6. The lowest BCUT2D eigenvalue weighted by atomic mass is 9.86. The molecule has 0 bridgehead atoms. The minimum Gasteiger partial charge on any atom is -0.339 e. The highest BCUT2D eigenvalue weighted by molar-refractivity contribution is 7.91. The van der Waals surface area contributed by atoms with Crippen molar-refractivity contribution in [2.75, 3.05) is 13.1 Å². The monoisotopic (exact) mass is 588 g/mol. The van der Waals surface area contributed by atoms with Gasteiger partial charge in [-0.25, -0.2) is 30.8 Å². The quantitative estimate of drug-likeness (QED) is 0.442. The van der Waals surface area contributed by atoms with E-state index in [9.17, 15) is 43.6 Å². The number of hydrogen-bond acceptors (Lipinski definition) is 5. The van der Waals surface area contributed by atoms with Crippen LogP contribution in [-0.2, 0) is 26.0 Å². The lowest BCUT2D eigenvalue weighted by Gasteiger charge is -2.34. The standard InChI is InChI=1S/C25H21F5N2O5S2/c26-20-7-6-16(12-21(20)27)24(33)32-10-8-15(9-11-32)19-13-18(38(34,35)17-4-2-1-3-5-17)14-22(39(31,36)37)23(19)25(28,29)30/h1-7,12-15H,8-11H2,(H2,31,36,37). The van der Waals surface area contributed by atoms with Crippen LogP contribution in [0.3, 0.4) is 0 Å². The summed E-state index contributed by atoms with van der Waals surface area (Å²) in [5, 5.41) is 5.12. The fraction of sp³-hybridized carbons (Fsp3) is 0.240.